The molecular weight excluding hydrogens is 186 g/mol. The third kappa shape index (κ3) is 1.27. The summed E-state index contributed by atoms with van der Waals surface area (Å²) in [6, 6.07) is 2.16. The summed E-state index contributed by atoms with van der Waals surface area (Å²) < 4.78 is 5.54. The van der Waals surface area contributed by atoms with E-state index in [1.54, 1.807) is 0 Å². The Labute approximate surface area is 91.0 Å². The molecule has 1 aromatic rings. The lowest BCUT2D eigenvalue weighted by Crippen LogP contribution is -2.56. The first-order chi connectivity index (χ1) is 7.21. The molecular formula is C13H19NO. The van der Waals surface area contributed by atoms with Crippen molar-refractivity contribution in [3.05, 3.63) is 23.7 Å². The van der Waals surface area contributed by atoms with E-state index in [0.29, 0.717) is 0 Å². The lowest BCUT2D eigenvalue weighted by Gasteiger charge is -2.52. The molecule has 82 valence electrons. The first-order valence-electron chi connectivity index (χ1n) is 6.03. The predicted molar refractivity (Wildman–Crippen MR) is 59.7 cm³/mol. The average Bonchev–Trinajstić information content (AvgIpc) is 2.60. The Bertz CT molecular complexity index is 360. The third-order valence-corrected chi connectivity index (χ3v) is 4.24. The first kappa shape index (κ1) is 9.46. The summed E-state index contributed by atoms with van der Waals surface area (Å²) in [7, 11) is 0. The van der Waals surface area contributed by atoms with Crippen LogP contribution < -0.4 is 5.32 Å². The van der Waals surface area contributed by atoms with Gasteiger partial charge in [0.1, 0.15) is 5.76 Å². The van der Waals surface area contributed by atoms with Gasteiger partial charge in [-0.1, -0.05) is 13.8 Å². The Morgan fingerprint density at radius 1 is 1.47 bits per heavy atom. The quantitative estimate of drug-likeness (QED) is 0.762. The maximum Gasteiger partial charge on any atom is 0.110 e. The molecule has 0 radical (unpaired) electrons. The van der Waals surface area contributed by atoms with Crippen molar-refractivity contribution in [2.75, 3.05) is 6.54 Å². The summed E-state index contributed by atoms with van der Waals surface area (Å²) >= 11 is 0. The highest BCUT2D eigenvalue weighted by molar-refractivity contribution is 5.33. The van der Waals surface area contributed by atoms with Crippen LogP contribution >= 0.6 is 0 Å². The molecule has 0 bridgehead atoms. The summed E-state index contributed by atoms with van der Waals surface area (Å²) in [6.07, 6.45) is 5.48. The van der Waals surface area contributed by atoms with E-state index in [4.69, 9.17) is 4.42 Å². The molecule has 1 spiro atoms. The van der Waals surface area contributed by atoms with Crippen LogP contribution in [0.15, 0.2) is 16.7 Å². The molecule has 0 saturated heterocycles. The van der Waals surface area contributed by atoms with Gasteiger partial charge in [-0.3, -0.25) is 0 Å². The van der Waals surface area contributed by atoms with Crippen molar-refractivity contribution >= 4 is 0 Å². The van der Waals surface area contributed by atoms with Crippen LogP contribution in [0.4, 0.5) is 0 Å². The highest BCUT2D eigenvalue weighted by atomic mass is 16.3. The molecule has 2 aliphatic rings. The fourth-order valence-electron chi connectivity index (χ4n) is 3.14. The summed E-state index contributed by atoms with van der Waals surface area (Å²) in [5.41, 5.74) is 1.71. The molecule has 0 atom stereocenters. The van der Waals surface area contributed by atoms with Crippen molar-refractivity contribution < 1.29 is 4.42 Å². The van der Waals surface area contributed by atoms with Gasteiger partial charge in [0.2, 0.25) is 0 Å². The van der Waals surface area contributed by atoms with E-state index in [1.807, 2.05) is 6.26 Å². The number of nitrogens with one attached hydrogen (secondary N) is 1. The molecule has 2 heterocycles. The molecule has 0 unspecified atom stereocenters. The van der Waals surface area contributed by atoms with Crippen molar-refractivity contribution in [1.82, 2.24) is 5.32 Å². The number of rotatable bonds is 1. The Kier molecular flexibility index (Phi) is 1.96. The van der Waals surface area contributed by atoms with Crippen LogP contribution in [0, 0.1) is 11.8 Å². The molecule has 1 fully saturated rings. The number of fused-ring (bicyclic) bond motifs is 2. The highest BCUT2D eigenvalue weighted by Gasteiger charge is 2.49. The van der Waals surface area contributed by atoms with Crippen molar-refractivity contribution in [1.29, 1.82) is 0 Å². The fraction of sp³-hybridized carbons (Fsp3) is 0.692. The normalized spacial score (nSPS) is 34.2. The van der Waals surface area contributed by atoms with Gasteiger partial charge in [0, 0.05) is 24.1 Å². The van der Waals surface area contributed by atoms with Gasteiger partial charge < -0.3 is 9.73 Å². The molecule has 1 aliphatic heterocycles. The summed E-state index contributed by atoms with van der Waals surface area (Å²) in [5, 5.41) is 3.70. The molecule has 3 rings (SSSR count). The fourth-order valence-corrected chi connectivity index (χ4v) is 3.14. The summed E-state index contributed by atoms with van der Waals surface area (Å²) in [6.45, 7) is 5.73. The SMILES string of the molecule is CC(C)C1CC2(C1)NCCc1occc12. The van der Waals surface area contributed by atoms with E-state index in [0.717, 1.165) is 24.8 Å². The largest absolute Gasteiger partial charge is 0.469 e. The smallest absolute Gasteiger partial charge is 0.110 e. The maximum absolute atomic E-state index is 5.54. The molecule has 2 nitrogen and oxygen atoms in total. The van der Waals surface area contributed by atoms with E-state index >= 15 is 0 Å². The van der Waals surface area contributed by atoms with Gasteiger partial charge in [-0.2, -0.15) is 0 Å². The van der Waals surface area contributed by atoms with Crippen LogP contribution in [-0.4, -0.2) is 6.54 Å². The van der Waals surface area contributed by atoms with Crippen LogP contribution in [0.2, 0.25) is 0 Å². The van der Waals surface area contributed by atoms with Crippen LogP contribution in [-0.2, 0) is 12.0 Å². The van der Waals surface area contributed by atoms with Crippen LogP contribution in [0.1, 0.15) is 38.0 Å². The Hall–Kier alpha value is -0.760. The Balaban J connectivity index is 1.86. The van der Waals surface area contributed by atoms with E-state index in [2.05, 4.69) is 25.2 Å². The van der Waals surface area contributed by atoms with Gasteiger partial charge in [-0.15, -0.1) is 0 Å². The lowest BCUT2D eigenvalue weighted by atomic mass is 9.60. The summed E-state index contributed by atoms with van der Waals surface area (Å²) in [4.78, 5) is 0. The summed E-state index contributed by atoms with van der Waals surface area (Å²) in [5.74, 6) is 2.92. The number of furan rings is 1. The zero-order chi connectivity index (χ0) is 10.5. The molecule has 2 heteroatoms. The van der Waals surface area contributed by atoms with E-state index in [1.165, 1.54) is 24.2 Å². The minimum atomic E-state index is 0.273. The molecule has 0 amide bonds. The molecule has 1 aromatic heterocycles. The minimum absolute atomic E-state index is 0.273. The standard InChI is InChI=1S/C13H19NO/c1-9(2)10-7-13(8-10)11-4-6-15-12(11)3-5-14-13/h4,6,9-10,14H,3,5,7-8H2,1-2H3. The molecule has 0 aromatic carbocycles. The molecule has 1 saturated carbocycles. The van der Waals surface area contributed by atoms with Crippen LogP contribution in [0.25, 0.3) is 0 Å². The zero-order valence-electron chi connectivity index (χ0n) is 9.55. The van der Waals surface area contributed by atoms with Gasteiger partial charge >= 0.3 is 0 Å². The van der Waals surface area contributed by atoms with E-state index < -0.39 is 0 Å². The lowest BCUT2D eigenvalue weighted by molar-refractivity contribution is 0.0600. The van der Waals surface area contributed by atoms with Crippen molar-refractivity contribution in [2.24, 2.45) is 11.8 Å². The minimum Gasteiger partial charge on any atom is -0.469 e. The Morgan fingerprint density at radius 3 is 3.00 bits per heavy atom. The van der Waals surface area contributed by atoms with Crippen molar-refractivity contribution in [2.45, 2.75) is 38.6 Å². The average molecular weight is 205 g/mol. The second kappa shape index (κ2) is 3.11. The van der Waals surface area contributed by atoms with Gasteiger partial charge in [0.05, 0.1) is 6.26 Å². The number of hydrogen-bond acceptors (Lipinski definition) is 2. The molecule has 1 aliphatic carbocycles. The topological polar surface area (TPSA) is 25.2 Å². The van der Waals surface area contributed by atoms with Gasteiger partial charge in [0.25, 0.3) is 0 Å². The van der Waals surface area contributed by atoms with Crippen molar-refractivity contribution in [3.8, 4) is 0 Å². The second-order valence-corrected chi connectivity index (χ2v) is 5.43. The van der Waals surface area contributed by atoms with Gasteiger partial charge in [-0.05, 0) is 30.7 Å². The van der Waals surface area contributed by atoms with Crippen LogP contribution in [0.3, 0.4) is 0 Å². The zero-order valence-corrected chi connectivity index (χ0v) is 9.55. The number of hydrogen-bond donors (Lipinski definition) is 1. The third-order valence-electron chi connectivity index (χ3n) is 4.24. The van der Waals surface area contributed by atoms with Crippen molar-refractivity contribution in [3.63, 3.8) is 0 Å². The monoisotopic (exact) mass is 205 g/mol. The highest BCUT2D eigenvalue weighted by Crippen LogP contribution is 2.51. The molecule has 1 N–H and O–H groups in total. The first-order valence-corrected chi connectivity index (χ1v) is 6.03. The van der Waals surface area contributed by atoms with Crippen LogP contribution in [0.5, 0.6) is 0 Å². The Morgan fingerprint density at radius 2 is 2.27 bits per heavy atom. The maximum atomic E-state index is 5.54. The van der Waals surface area contributed by atoms with Gasteiger partial charge in [0.15, 0.2) is 0 Å². The van der Waals surface area contributed by atoms with E-state index in [9.17, 15) is 0 Å². The molecule has 15 heavy (non-hydrogen) atoms. The van der Waals surface area contributed by atoms with Gasteiger partial charge in [-0.25, -0.2) is 0 Å². The second-order valence-electron chi connectivity index (χ2n) is 5.43. The van der Waals surface area contributed by atoms with E-state index in [-0.39, 0.29) is 5.54 Å². The predicted octanol–water partition coefficient (Wildman–Crippen LogP) is 2.69.